The molecule has 0 amide bonds. The van der Waals surface area contributed by atoms with Crippen LogP contribution >= 0.6 is 12.2 Å². The molecule has 0 unspecified atom stereocenters. The number of hydrogen-bond acceptors (Lipinski definition) is 3. The molecule has 7 heteroatoms. The predicted molar refractivity (Wildman–Crippen MR) is 75.6 cm³/mol. The highest BCUT2D eigenvalue weighted by atomic mass is 32.1. The summed E-state index contributed by atoms with van der Waals surface area (Å²) in [6, 6.07) is 3.53. The number of halogens is 3. The zero-order chi connectivity index (χ0) is 15.5. The first kappa shape index (κ1) is 15.5. The largest absolute Gasteiger partial charge is 0.492 e. The monoisotopic (exact) mass is 314 g/mol. The molecule has 2 aromatic rings. The minimum atomic E-state index is -4.44. The molecule has 0 aliphatic rings. The van der Waals surface area contributed by atoms with Crippen LogP contribution in [0.15, 0.2) is 30.6 Å². The quantitative estimate of drug-likeness (QED) is 0.837. The molecule has 0 atom stereocenters. The molecule has 2 aromatic heterocycles. The molecule has 0 radical (unpaired) electrons. The lowest BCUT2D eigenvalue weighted by molar-refractivity contribution is -0.137. The van der Waals surface area contributed by atoms with Crippen LogP contribution in [0, 0.1) is 4.64 Å². The summed E-state index contributed by atoms with van der Waals surface area (Å²) in [5.41, 5.74) is -0.0498. The second-order valence-corrected chi connectivity index (χ2v) is 4.84. The summed E-state index contributed by atoms with van der Waals surface area (Å²) >= 11 is 4.85. The Kier molecular flexibility index (Phi) is 4.62. The molecule has 2 rings (SSSR count). The lowest BCUT2D eigenvalue weighted by atomic mass is 10.1. The van der Waals surface area contributed by atoms with Crippen molar-refractivity contribution in [3.63, 3.8) is 0 Å². The third-order valence-corrected chi connectivity index (χ3v) is 2.89. The number of nitrogens with zero attached hydrogens (tertiary/aromatic N) is 1. The van der Waals surface area contributed by atoms with Crippen molar-refractivity contribution in [3.8, 4) is 17.0 Å². The summed E-state index contributed by atoms with van der Waals surface area (Å²) < 4.78 is 43.9. The van der Waals surface area contributed by atoms with Gasteiger partial charge in [-0.2, -0.15) is 13.2 Å². The van der Waals surface area contributed by atoms with E-state index in [-0.39, 0.29) is 10.3 Å². The molecule has 0 aliphatic heterocycles. The van der Waals surface area contributed by atoms with Crippen LogP contribution in [0.1, 0.15) is 18.9 Å². The van der Waals surface area contributed by atoms with Crippen molar-refractivity contribution in [2.45, 2.75) is 19.5 Å². The van der Waals surface area contributed by atoms with Gasteiger partial charge in [-0.05, 0) is 24.6 Å². The van der Waals surface area contributed by atoms with Crippen LogP contribution in [-0.2, 0) is 6.18 Å². The van der Waals surface area contributed by atoms with Crippen molar-refractivity contribution in [1.29, 1.82) is 0 Å². The summed E-state index contributed by atoms with van der Waals surface area (Å²) in [4.78, 5) is 6.71. The fourth-order valence-electron chi connectivity index (χ4n) is 1.73. The van der Waals surface area contributed by atoms with Gasteiger partial charge in [0.2, 0.25) is 0 Å². The molecule has 0 aromatic carbocycles. The molecule has 112 valence electrons. The summed E-state index contributed by atoms with van der Waals surface area (Å²) in [5, 5.41) is 0. The minimum absolute atomic E-state index is 0.0136. The number of rotatable bonds is 4. The molecule has 2 heterocycles. The molecule has 1 N–H and O–H groups in total. The highest BCUT2D eigenvalue weighted by molar-refractivity contribution is 7.71. The lowest BCUT2D eigenvalue weighted by Crippen LogP contribution is -2.06. The summed E-state index contributed by atoms with van der Waals surface area (Å²) in [5.74, 6) is 0.506. The molecule has 0 aliphatic carbocycles. The first-order valence-electron chi connectivity index (χ1n) is 6.30. The van der Waals surface area contributed by atoms with E-state index in [1.807, 2.05) is 6.92 Å². The van der Waals surface area contributed by atoms with Crippen molar-refractivity contribution in [3.05, 3.63) is 40.8 Å². The van der Waals surface area contributed by atoms with E-state index in [2.05, 4.69) is 9.97 Å². The molecule has 3 nitrogen and oxygen atoms in total. The average Bonchev–Trinajstić information content (AvgIpc) is 2.44. The number of hydrogen-bond donors (Lipinski definition) is 1. The van der Waals surface area contributed by atoms with Crippen molar-refractivity contribution in [2.24, 2.45) is 0 Å². The van der Waals surface area contributed by atoms with E-state index < -0.39 is 11.7 Å². The SMILES string of the molecule is CCCOc1cncc(-c2cc(C(F)(F)F)cc(=S)[nH]2)c1. The van der Waals surface area contributed by atoms with Crippen LogP contribution in [0.5, 0.6) is 5.75 Å². The number of alkyl halides is 3. The maximum Gasteiger partial charge on any atom is 0.416 e. The molecular formula is C14H13F3N2OS. The van der Waals surface area contributed by atoms with Crippen molar-refractivity contribution >= 4 is 12.2 Å². The van der Waals surface area contributed by atoms with Gasteiger partial charge in [0.15, 0.2) is 0 Å². The van der Waals surface area contributed by atoms with Crippen LogP contribution < -0.4 is 4.74 Å². The highest BCUT2D eigenvalue weighted by Crippen LogP contribution is 2.32. The number of pyridine rings is 2. The maximum absolute atomic E-state index is 12.8. The minimum Gasteiger partial charge on any atom is -0.492 e. The highest BCUT2D eigenvalue weighted by Gasteiger charge is 2.31. The second kappa shape index (κ2) is 6.26. The Labute approximate surface area is 124 Å². The van der Waals surface area contributed by atoms with Crippen LogP contribution in [0.3, 0.4) is 0 Å². The van der Waals surface area contributed by atoms with Gasteiger partial charge < -0.3 is 9.72 Å². The number of H-pyrrole nitrogens is 1. The van der Waals surface area contributed by atoms with Crippen LogP contribution in [0.25, 0.3) is 11.3 Å². The van der Waals surface area contributed by atoms with Gasteiger partial charge in [-0.3, -0.25) is 4.98 Å². The first-order valence-corrected chi connectivity index (χ1v) is 6.71. The molecule has 0 fully saturated rings. The Morgan fingerprint density at radius 1 is 1.24 bits per heavy atom. The number of nitrogens with one attached hydrogen (secondary N) is 1. The van der Waals surface area contributed by atoms with Crippen molar-refractivity contribution in [2.75, 3.05) is 6.61 Å². The molecule has 0 saturated carbocycles. The van der Waals surface area contributed by atoms with E-state index in [0.717, 1.165) is 18.6 Å². The van der Waals surface area contributed by atoms with Crippen LogP contribution in [0.4, 0.5) is 13.2 Å². The molecule has 0 spiro atoms. The van der Waals surface area contributed by atoms with E-state index in [4.69, 9.17) is 17.0 Å². The zero-order valence-corrected chi connectivity index (χ0v) is 12.0. The van der Waals surface area contributed by atoms with E-state index in [9.17, 15) is 13.2 Å². The van der Waals surface area contributed by atoms with Gasteiger partial charge in [0, 0.05) is 17.5 Å². The van der Waals surface area contributed by atoms with E-state index in [0.29, 0.717) is 17.9 Å². The Bertz CT molecular complexity index is 682. The molecule has 21 heavy (non-hydrogen) atoms. The third kappa shape index (κ3) is 4.04. The fourth-order valence-corrected chi connectivity index (χ4v) is 1.96. The Morgan fingerprint density at radius 2 is 2.00 bits per heavy atom. The summed E-state index contributed by atoms with van der Waals surface area (Å²) in [6.45, 7) is 2.48. The van der Waals surface area contributed by atoms with Crippen molar-refractivity contribution in [1.82, 2.24) is 9.97 Å². The summed E-state index contributed by atoms with van der Waals surface area (Å²) in [6.07, 6.45) is -0.641. The van der Waals surface area contributed by atoms with E-state index >= 15 is 0 Å². The Hall–Kier alpha value is -1.89. The van der Waals surface area contributed by atoms with E-state index in [1.165, 1.54) is 12.4 Å². The van der Waals surface area contributed by atoms with Crippen LogP contribution in [-0.4, -0.2) is 16.6 Å². The topological polar surface area (TPSA) is 37.9 Å². The Balaban J connectivity index is 2.42. The fraction of sp³-hybridized carbons (Fsp3) is 0.286. The number of aromatic amines is 1. The first-order chi connectivity index (χ1) is 9.90. The second-order valence-electron chi connectivity index (χ2n) is 4.40. The van der Waals surface area contributed by atoms with Gasteiger partial charge in [0.05, 0.1) is 18.4 Å². The standard InChI is InChI=1S/C14H13F3N2OS/c1-2-3-20-11-4-9(7-18-8-11)12-5-10(14(15,16)17)6-13(21)19-12/h4-8H,2-3H2,1H3,(H,19,21). The average molecular weight is 314 g/mol. The van der Waals surface area contributed by atoms with Gasteiger partial charge in [0.25, 0.3) is 0 Å². The van der Waals surface area contributed by atoms with Gasteiger partial charge in [-0.15, -0.1) is 0 Å². The predicted octanol–water partition coefficient (Wildman–Crippen LogP) is 4.61. The normalized spacial score (nSPS) is 11.4. The maximum atomic E-state index is 12.8. The van der Waals surface area contributed by atoms with Crippen molar-refractivity contribution < 1.29 is 17.9 Å². The third-order valence-electron chi connectivity index (χ3n) is 2.67. The number of aromatic nitrogens is 2. The van der Waals surface area contributed by atoms with E-state index in [1.54, 1.807) is 6.07 Å². The molecule has 0 bridgehead atoms. The molecule has 0 saturated heterocycles. The Morgan fingerprint density at radius 3 is 2.67 bits per heavy atom. The zero-order valence-electron chi connectivity index (χ0n) is 11.2. The number of ether oxygens (including phenoxy) is 1. The van der Waals surface area contributed by atoms with Gasteiger partial charge in [0.1, 0.15) is 10.4 Å². The smallest absolute Gasteiger partial charge is 0.416 e. The van der Waals surface area contributed by atoms with Gasteiger partial charge in [-0.1, -0.05) is 19.1 Å². The summed E-state index contributed by atoms with van der Waals surface area (Å²) in [7, 11) is 0. The van der Waals surface area contributed by atoms with Gasteiger partial charge in [-0.25, -0.2) is 0 Å². The molecular weight excluding hydrogens is 301 g/mol. The van der Waals surface area contributed by atoms with Crippen LogP contribution in [0.2, 0.25) is 0 Å². The lowest BCUT2D eigenvalue weighted by Gasteiger charge is -2.10. The van der Waals surface area contributed by atoms with Gasteiger partial charge >= 0.3 is 6.18 Å².